The first-order valence-electron chi connectivity index (χ1n) is 9.20. The summed E-state index contributed by atoms with van der Waals surface area (Å²) in [4.78, 5) is 24.5. The average Bonchev–Trinajstić information content (AvgIpc) is 3.19. The lowest BCUT2D eigenvalue weighted by molar-refractivity contribution is -0.118. The molecule has 0 saturated carbocycles. The Morgan fingerprint density at radius 1 is 1.25 bits per heavy atom. The van der Waals surface area contributed by atoms with Crippen molar-refractivity contribution in [1.82, 2.24) is 5.32 Å². The molecule has 0 spiro atoms. The average molecular weight is 403 g/mol. The van der Waals surface area contributed by atoms with E-state index in [0.29, 0.717) is 28.6 Å². The van der Waals surface area contributed by atoms with E-state index in [-0.39, 0.29) is 24.5 Å². The molecule has 1 atom stereocenters. The number of anilines is 1. The summed E-state index contributed by atoms with van der Waals surface area (Å²) < 4.78 is 11.0. The predicted octanol–water partition coefficient (Wildman–Crippen LogP) is 3.57. The lowest BCUT2D eigenvalue weighted by atomic mass is 10.1. The maximum absolute atomic E-state index is 12.3. The zero-order valence-electron chi connectivity index (χ0n) is 15.7. The summed E-state index contributed by atoms with van der Waals surface area (Å²) in [6, 6.07) is 12.0. The molecule has 2 aromatic carbocycles. The molecule has 0 aliphatic carbocycles. The second kappa shape index (κ2) is 9.57. The molecule has 2 aromatic rings. The minimum absolute atomic E-state index is 0.0836. The zero-order valence-corrected chi connectivity index (χ0v) is 16.4. The van der Waals surface area contributed by atoms with Gasteiger partial charge in [-0.15, -0.1) is 0 Å². The van der Waals surface area contributed by atoms with Crippen LogP contribution in [-0.2, 0) is 9.53 Å². The van der Waals surface area contributed by atoms with E-state index in [9.17, 15) is 9.59 Å². The Morgan fingerprint density at radius 3 is 2.86 bits per heavy atom. The number of hydrogen-bond donors (Lipinski definition) is 2. The summed E-state index contributed by atoms with van der Waals surface area (Å²) in [6.45, 7) is 2.96. The van der Waals surface area contributed by atoms with Gasteiger partial charge in [0, 0.05) is 29.4 Å². The van der Waals surface area contributed by atoms with E-state index in [0.717, 1.165) is 25.0 Å². The Kier molecular flexibility index (Phi) is 6.90. The topological polar surface area (TPSA) is 76.7 Å². The minimum Gasteiger partial charge on any atom is -0.483 e. The number of benzene rings is 2. The highest BCUT2D eigenvalue weighted by Gasteiger charge is 2.17. The number of amides is 2. The monoisotopic (exact) mass is 402 g/mol. The van der Waals surface area contributed by atoms with Crippen LogP contribution in [0.15, 0.2) is 42.5 Å². The highest BCUT2D eigenvalue weighted by molar-refractivity contribution is 6.30. The van der Waals surface area contributed by atoms with Crippen molar-refractivity contribution in [2.24, 2.45) is 0 Å². The van der Waals surface area contributed by atoms with Crippen molar-refractivity contribution < 1.29 is 19.1 Å². The SMILES string of the molecule is Cc1cc(Cl)ccc1OCC(=O)Nc1cccc(C(=O)NCC2CCCO2)c1. The van der Waals surface area contributed by atoms with Gasteiger partial charge >= 0.3 is 0 Å². The van der Waals surface area contributed by atoms with Gasteiger partial charge in [0.25, 0.3) is 11.8 Å². The van der Waals surface area contributed by atoms with Gasteiger partial charge < -0.3 is 20.1 Å². The third-order valence-corrected chi connectivity index (χ3v) is 4.65. The van der Waals surface area contributed by atoms with Crippen LogP contribution in [0.5, 0.6) is 5.75 Å². The van der Waals surface area contributed by atoms with E-state index in [2.05, 4.69) is 10.6 Å². The van der Waals surface area contributed by atoms with Crippen LogP contribution in [0.2, 0.25) is 5.02 Å². The maximum atomic E-state index is 12.3. The molecule has 0 aromatic heterocycles. The van der Waals surface area contributed by atoms with Gasteiger partial charge in [-0.3, -0.25) is 9.59 Å². The molecule has 2 N–H and O–H groups in total. The zero-order chi connectivity index (χ0) is 19.9. The molecule has 6 nitrogen and oxygen atoms in total. The molecule has 28 heavy (non-hydrogen) atoms. The summed E-state index contributed by atoms with van der Waals surface area (Å²) in [5, 5.41) is 6.22. The number of carbonyl (C=O) groups is 2. The number of halogens is 1. The van der Waals surface area contributed by atoms with Crippen LogP contribution in [0.1, 0.15) is 28.8 Å². The lowest BCUT2D eigenvalue weighted by Gasteiger charge is -2.12. The van der Waals surface area contributed by atoms with Crippen molar-refractivity contribution >= 4 is 29.1 Å². The normalized spacial score (nSPS) is 15.9. The third-order valence-electron chi connectivity index (χ3n) is 4.42. The largest absolute Gasteiger partial charge is 0.483 e. The summed E-state index contributed by atoms with van der Waals surface area (Å²) in [6.07, 6.45) is 2.07. The van der Waals surface area contributed by atoms with Gasteiger partial charge in [-0.05, 0) is 61.7 Å². The van der Waals surface area contributed by atoms with E-state index >= 15 is 0 Å². The van der Waals surface area contributed by atoms with E-state index in [1.807, 2.05) is 6.92 Å². The quantitative estimate of drug-likeness (QED) is 0.742. The van der Waals surface area contributed by atoms with Crippen molar-refractivity contribution in [1.29, 1.82) is 0 Å². The van der Waals surface area contributed by atoms with E-state index < -0.39 is 0 Å². The molecule has 0 bridgehead atoms. The Morgan fingerprint density at radius 2 is 2.11 bits per heavy atom. The van der Waals surface area contributed by atoms with Crippen molar-refractivity contribution in [3.8, 4) is 5.75 Å². The molecule has 2 amide bonds. The molecule has 3 rings (SSSR count). The standard InChI is InChI=1S/C21H23ClN2O4/c1-14-10-16(22)7-8-19(14)28-13-20(25)24-17-5-2-4-15(11-17)21(26)23-12-18-6-3-9-27-18/h2,4-5,7-8,10-11,18H,3,6,9,12-13H2,1H3,(H,23,26)(H,24,25). The van der Waals surface area contributed by atoms with Gasteiger partial charge in [-0.2, -0.15) is 0 Å². The molecular formula is C21H23ClN2O4. The number of aryl methyl sites for hydroxylation is 1. The predicted molar refractivity (Wildman–Crippen MR) is 108 cm³/mol. The number of nitrogens with one attached hydrogen (secondary N) is 2. The van der Waals surface area contributed by atoms with Gasteiger partial charge in [-0.25, -0.2) is 0 Å². The first-order chi connectivity index (χ1) is 13.5. The smallest absolute Gasteiger partial charge is 0.262 e. The Bertz CT molecular complexity index is 850. The second-order valence-electron chi connectivity index (χ2n) is 6.67. The van der Waals surface area contributed by atoms with Crippen LogP contribution in [-0.4, -0.2) is 37.7 Å². The molecule has 1 aliphatic heterocycles. The van der Waals surface area contributed by atoms with Crippen molar-refractivity contribution in [2.45, 2.75) is 25.9 Å². The fraction of sp³-hybridized carbons (Fsp3) is 0.333. The van der Waals surface area contributed by atoms with Crippen LogP contribution >= 0.6 is 11.6 Å². The lowest BCUT2D eigenvalue weighted by Crippen LogP contribution is -2.31. The molecular weight excluding hydrogens is 380 g/mol. The van der Waals surface area contributed by atoms with E-state index in [1.54, 1.807) is 42.5 Å². The van der Waals surface area contributed by atoms with Crippen molar-refractivity contribution in [2.75, 3.05) is 25.1 Å². The summed E-state index contributed by atoms with van der Waals surface area (Å²) in [7, 11) is 0. The fourth-order valence-electron chi connectivity index (χ4n) is 2.97. The molecule has 1 unspecified atom stereocenters. The van der Waals surface area contributed by atoms with Crippen LogP contribution in [0.3, 0.4) is 0 Å². The maximum Gasteiger partial charge on any atom is 0.262 e. The van der Waals surface area contributed by atoms with Crippen molar-refractivity contribution in [3.05, 3.63) is 58.6 Å². The highest BCUT2D eigenvalue weighted by Crippen LogP contribution is 2.21. The third kappa shape index (κ3) is 5.71. The molecule has 1 saturated heterocycles. The number of carbonyl (C=O) groups excluding carboxylic acids is 2. The molecule has 7 heteroatoms. The van der Waals surface area contributed by atoms with E-state index in [4.69, 9.17) is 21.1 Å². The molecule has 0 radical (unpaired) electrons. The Balaban J connectivity index is 1.51. The van der Waals surface area contributed by atoms with Gasteiger partial charge in [0.2, 0.25) is 0 Å². The molecule has 148 valence electrons. The van der Waals surface area contributed by atoms with Crippen molar-refractivity contribution in [3.63, 3.8) is 0 Å². The van der Waals surface area contributed by atoms with Gasteiger partial charge in [0.1, 0.15) is 5.75 Å². The van der Waals surface area contributed by atoms with Crippen LogP contribution in [0.25, 0.3) is 0 Å². The van der Waals surface area contributed by atoms with Gasteiger partial charge in [0.15, 0.2) is 6.61 Å². The number of ether oxygens (including phenoxy) is 2. The Hall–Kier alpha value is -2.57. The fourth-order valence-corrected chi connectivity index (χ4v) is 3.19. The van der Waals surface area contributed by atoms with Crippen LogP contribution in [0, 0.1) is 6.92 Å². The number of hydrogen-bond acceptors (Lipinski definition) is 4. The summed E-state index contributed by atoms with van der Waals surface area (Å²) in [5.41, 5.74) is 1.86. The summed E-state index contributed by atoms with van der Waals surface area (Å²) in [5.74, 6) is 0.0905. The van der Waals surface area contributed by atoms with Crippen LogP contribution < -0.4 is 15.4 Å². The second-order valence-corrected chi connectivity index (χ2v) is 7.11. The molecule has 1 fully saturated rings. The highest BCUT2D eigenvalue weighted by atomic mass is 35.5. The minimum atomic E-state index is -0.314. The Labute approximate surface area is 169 Å². The van der Waals surface area contributed by atoms with Gasteiger partial charge in [0.05, 0.1) is 6.10 Å². The van der Waals surface area contributed by atoms with E-state index in [1.165, 1.54) is 0 Å². The first-order valence-corrected chi connectivity index (χ1v) is 9.58. The molecule has 1 heterocycles. The van der Waals surface area contributed by atoms with Crippen LogP contribution in [0.4, 0.5) is 5.69 Å². The summed E-state index contributed by atoms with van der Waals surface area (Å²) >= 11 is 5.91. The van der Waals surface area contributed by atoms with Gasteiger partial charge in [-0.1, -0.05) is 17.7 Å². The molecule has 1 aliphatic rings. The first kappa shape index (κ1) is 20.2. The number of rotatable bonds is 7.